The van der Waals surface area contributed by atoms with E-state index in [9.17, 15) is 9.59 Å². The molecule has 1 fully saturated rings. The molecular formula is C12H14N2O4. The summed E-state index contributed by atoms with van der Waals surface area (Å²) in [6.45, 7) is 0.155. The van der Waals surface area contributed by atoms with Crippen LogP contribution in [-0.4, -0.2) is 32.1 Å². The number of carbonyl (C=O) groups excluding carboxylic acids is 2. The standard InChI is InChI=1S/C12H14N2O4/c1-17-10-4-8(5-13)2-3-9(10)14-11(15)6-18-7-12(14)16/h2-4H,5-7,13H2,1H3. The van der Waals surface area contributed by atoms with Gasteiger partial charge in [-0.1, -0.05) is 6.07 Å². The molecule has 0 unspecified atom stereocenters. The zero-order chi connectivity index (χ0) is 13.1. The molecule has 0 atom stereocenters. The highest BCUT2D eigenvalue weighted by atomic mass is 16.5. The number of methoxy groups -OCH3 is 1. The largest absolute Gasteiger partial charge is 0.495 e. The Bertz CT molecular complexity index is 471. The summed E-state index contributed by atoms with van der Waals surface area (Å²) in [6.07, 6.45) is 0. The third-order valence-corrected chi connectivity index (χ3v) is 2.67. The molecule has 1 aliphatic heterocycles. The van der Waals surface area contributed by atoms with E-state index in [0.717, 1.165) is 10.5 Å². The number of carbonyl (C=O) groups is 2. The predicted octanol–water partition coefficient (Wildman–Crippen LogP) is 0.0437. The maximum Gasteiger partial charge on any atom is 0.259 e. The quantitative estimate of drug-likeness (QED) is 0.766. The molecule has 0 aromatic heterocycles. The minimum absolute atomic E-state index is 0.104. The van der Waals surface area contributed by atoms with Crippen LogP contribution in [0.5, 0.6) is 5.75 Å². The van der Waals surface area contributed by atoms with E-state index in [1.807, 2.05) is 0 Å². The van der Waals surface area contributed by atoms with Gasteiger partial charge in [-0.25, -0.2) is 4.90 Å². The zero-order valence-electron chi connectivity index (χ0n) is 10.0. The first-order chi connectivity index (χ1) is 8.67. The van der Waals surface area contributed by atoms with Gasteiger partial charge >= 0.3 is 0 Å². The smallest absolute Gasteiger partial charge is 0.259 e. The Morgan fingerprint density at radius 1 is 1.33 bits per heavy atom. The summed E-state index contributed by atoms with van der Waals surface area (Å²) in [6, 6.07) is 5.13. The van der Waals surface area contributed by atoms with E-state index in [4.69, 9.17) is 15.2 Å². The van der Waals surface area contributed by atoms with Crippen LogP contribution in [-0.2, 0) is 20.9 Å². The molecular weight excluding hydrogens is 236 g/mol. The fourth-order valence-corrected chi connectivity index (χ4v) is 1.80. The van der Waals surface area contributed by atoms with Gasteiger partial charge in [-0.2, -0.15) is 0 Å². The first-order valence-corrected chi connectivity index (χ1v) is 5.48. The van der Waals surface area contributed by atoms with Crippen molar-refractivity contribution < 1.29 is 19.1 Å². The van der Waals surface area contributed by atoms with Crippen molar-refractivity contribution in [2.45, 2.75) is 6.54 Å². The van der Waals surface area contributed by atoms with Crippen LogP contribution in [0, 0.1) is 0 Å². The SMILES string of the molecule is COc1cc(CN)ccc1N1C(=O)COCC1=O. The van der Waals surface area contributed by atoms with Crippen LogP contribution in [0.1, 0.15) is 5.56 Å². The summed E-state index contributed by atoms with van der Waals surface area (Å²) >= 11 is 0. The molecule has 0 aliphatic carbocycles. The third kappa shape index (κ3) is 2.20. The van der Waals surface area contributed by atoms with Crippen molar-refractivity contribution in [1.29, 1.82) is 0 Å². The van der Waals surface area contributed by atoms with Crippen LogP contribution in [0.2, 0.25) is 0 Å². The number of hydrogen-bond donors (Lipinski definition) is 1. The van der Waals surface area contributed by atoms with Crippen LogP contribution < -0.4 is 15.4 Å². The Balaban J connectivity index is 2.42. The second-order valence-electron chi connectivity index (χ2n) is 3.83. The van der Waals surface area contributed by atoms with E-state index < -0.39 is 11.8 Å². The van der Waals surface area contributed by atoms with Crippen molar-refractivity contribution in [2.24, 2.45) is 5.73 Å². The molecule has 1 aromatic carbocycles. The number of benzene rings is 1. The molecule has 1 aliphatic rings. The second-order valence-corrected chi connectivity index (χ2v) is 3.83. The molecule has 0 saturated carbocycles. The van der Waals surface area contributed by atoms with E-state index in [1.54, 1.807) is 18.2 Å². The van der Waals surface area contributed by atoms with Gasteiger partial charge < -0.3 is 15.2 Å². The molecule has 18 heavy (non-hydrogen) atoms. The first kappa shape index (κ1) is 12.5. The van der Waals surface area contributed by atoms with Gasteiger partial charge in [0.15, 0.2) is 0 Å². The van der Waals surface area contributed by atoms with E-state index >= 15 is 0 Å². The number of hydrogen-bond acceptors (Lipinski definition) is 5. The van der Waals surface area contributed by atoms with E-state index in [2.05, 4.69) is 0 Å². The monoisotopic (exact) mass is 250 g/mol. The molecule has 2 amide bonds. The van der Waals surface area contributed by atoms with Crippen LogP contribution in [0.3, 0.4) is 0 Å². The van der Waals surface area contributed by atoms with E-state index in [0.29, 0.717) is 18.0 Å². The predicted molar refractivity (Wildman–Crippen MR) is 64.2 cm³/mol. The topological polar surface area (TPSA) is 81.9 Å². The third-order valence-electron chi connectivity index (χ3n) is 2.67. The van der Waals surface area contributed by atoms with Crippen LogP contribution in [0.15, 0.2) is 18.2 Å². The molecule has 6 heteroatoms. The lowest BCUT2D eigenvalue weighted by molar-refractivity contribution is -0.138. The fourth-order valence-electron chi connectivity index (χ4n) is 1.80. The fraction of sp³-hybridized carbons (Fsp3) is 0.333. The Kier molecular flexibility index (Phi) is 3.59. The minimum Gasteiger partial charge on any atom is -0.495 e. The maximum absolute atomic E-state index is 11.7. The number of anilines is 1. The van der Waals surface area contributed by atoms with Crippen molar-refractivity contribution in [3.8, 4) is 5.75 Å². The van der Waals surface area contributed by atoms with Gasteiger partial charge in [-0.15, -0.1) is 0 Å². The van der Waals surface area contributed by atoms with Crippen LogP contribution in [0.25, 0.3) is 0 Å². The first-order valence-electron chi connectivity index (χ1n) is 5.48. The normalized spacial score (nSPS) is 16.0. The van der Waals surface area contributed by atoms with Gasteiger partial charge in [0.05, 0.1) is 12.8 Å². The van der Waals surface area contributed by atoms with Crippen molar-refractivity contribution in [1.82, 2.24) is 0 Å². The van der Waals surface area contributed by atoms with Crippen molar-refractivity contribution in [2.75, 3.05) is 25.2 Å². The van der Waals surface area contributed by atoms with Crippen LogP contribution >= 0.6 is 0 Å². The van der Waals surface area contributed by atoms with Crippen molar-refractivity contribution in [3.05, 3.63) is 23.8 Å². The maximum atomic E-state index is 11.7. The molecule has 1 aromatic rings. The Hall–Kier alpha value is -1.92. The highest BCUT2D eigenvalue weighted by molar-refractivity contribution is 6.17. The van der Waals surface area contributed by atoms with Crippen molar-refractivity contribution in [3.63, 3.8) is 0 Å². The Morgan fingerprint density at radius 3 is 2.56 bits per heavy atom. The molecule has 2 rings (SSSR count). The lowest BCUT2D eigenvalue weighted by Crippen LogP contribution is -2.46. The number of imide groups is 1. The zero-order valence-corrected chi connectivity index (χ0v) is 10.0. The van der Waals surface area contributed by atoms with Gasteiger partial charge in [0.2, 0.25) is 0 Å². The summed E-state index contributed by atoms with van der Waals surface area (Å²) in [7, 11) is 1.48. The number of ether oxygens (including phenoxy) is 2. The second kappa shape index (κ2) is 5.16. The molecule has 1 heterocycles. The highest BCUT2D eigenvalue weighted by Gasteiger charge is 2.30. The lowest BCUT2D eigenvalue weighted by atomic mass is 10.1. The molecule has 6 nitrogen and oxygen atoms in total. The van der Waals surface area contributed by atoms with Gasteiger partial charge in [-0.05, 0) is 17.7 Å². The number of amides is 2. The Labute approximate surface area is 104 Å². The molecule has 96 valence electrons. The molecule has 2 N–H and O–H groups in total. The van der Waals surface area contributed by atoms with Crippen LogP contribution in [0.4, 0.5) is 5.69 Å². The van der Waals surface area contributed by atoms with Gasteiger partial charge in [0.25, 0.3) is 11.8 Å². The summed E-state index contributed by atoms with van der Waals surface area (Å²) in [5.41, 5.74) is 6.82. The number of nitrogens with two attached hydrogens (primary N) is 1. The number of morpholine rings is 1. The van der Waals surface area contributed by atoms with Gasteiger partial charge in [-0.3, -0.25) is 9.59 Å². The summed E-state index contributed by atoms with van der Waals surface area (Å²) in [5, 5.41) is 0. The molecule has 1 saturated heterocycles. The summed E-state index contributed by atoms with van der Waals surface area (Å²) in [4.78, 5) is 24.5. The van der Waals surface area contributed by atoms with E-state index in [1.165, 1.54) is 7.11 Å². The highest BCUT2D eigenvalue weighted by Crippen LogP contribution is 2.30. The molecule has 0 radical (unpaired) electrons. The summed E-state index contributed by atoms with van der Waals surface area (Å²) in [5.74, 6) is -0.350. The number of nitrogens with zero attached hydrogens (tertiary/aromatic N) is 1. The molecule has 0 spiro atoms. The average Bonchev–Trinajstić information content (AvgIpc) is 2.38. The van der Waals surface area contributed by atoms with Gasteiger partial charge in [0, 0.05) is 6.54 Å². The van der Waals surface area contributed by atoms with Gasteiger partial charge in [0.1, 0.15) is 19.0 Å². The average molecular weight is 250 g/mol. The minimum atomic E-state index is -0.398. The Morgan fingerprint density at radius 2 is 2.00 bits per heavy atom. The van der Waals surface area contributed by atoms with Crippen molar-refractivity contribution >= 4 is 17.5 Å². The summed E-state index contributed by atoms with van der Waals surface area (Å²) < 4.78 is 10.1. The lowest BCUT2D eigenvalue weighted by Gasteiger charge is -2.26. The molecule has 0 bridgehead atoms. The van der Waals surface area contributed by atoms with E-state index in [-0.39, 0.29) is 13.2 Å². The number of rotatable bonds is 3.